The van der Waals surface area contributed by atoms with Crippen molar-refractivity contribution in [2.45, 2.75) is 24.3 Å². The Kier molecular flexibility index (Phi) is 5.86. The molecule has 162 valence electrons. The average molecular weight is 480 g/mol. The summed E-state index contributed by atoms with van der Waals surface area (Å²) in [6.07, 6.45) is 0.967. The molecule has 2 heterocycles. The molecular weight excluding hydrogens is 462 g/mol. The van der Waals surface area contributed by atoms with E-state index in [9.17, 15) is 18.5 Å². The van der Waals surface area contributed by atoms with Gasteiger partial charge in [-0.15, -0.1) is 23.1 Å². The normalized spacial score (nSPS) is 16.3. The van der Waals surface area contributed by atoms with Gasteiger partial charge in [-0.05, 0) is 30.7 Å². The van der Waals surface area contributed by atoms with Gasteiger partial charge in [-0.25, -0.2) is 4.98 Å². The SMILES string of the molecule is CC[C@H]1CSC(c2nc3ccc(OS(=O)(=O)c4ccc(OC)cc4[N+](=O)[O-])cc3s2)=N1. The highest BCUT2D eigenvalue weighted by Crippen LogP contribution is 2.34. The summed E-state index contributed by atoms with van der Waals surface area (Å²) in [7, 11) is -3.11. The highest BCUT2D eigenvalue weighted by atomic mass is 32.2. The van der Waals surface area contributed by atoms with Crippen LogP contribution in [0.2, 0.25) is 0 Å². The first-order valence-electron chi connectivity index (χ1n) is 9.19. The van der Waals surface area contributed by atoms with Crippen molar-refractivity contribution in [1.29, 1.82) is 0 Å². The second-order valence-corrected chi connectivity index (χ2v) is 10.1. The number of nitro groups is 1. The van der Waals surface area contributed by atoms with E-state index in [2.05, 4.69) is 16.9 Å². The lowest BCUT2D eigenvalue weighted by Gasteiger charge is -2.08. The van der Waals surface area contributed by atoms with Gasteiger partial charge in [0.05, 0.1) is 34.4 Å². The largest absolute Gasteiger partial charge is 0.497 e. The number of thioether (sulfide) groups is 1. The minimum atomic E-state index is -4.44. The number of benzene rings is 2. The number of aliphatic imine (C=N–C) groups is 1. The number of thiazole rings is 1. The van der Waals surface area contributed by atoms with E-state index in [1.54, 1.807) is 23.9 Å². The molecule has 0 saturated carbocycles. The van der Waals surface area contributed by atoms with Gasteiger partial charge in [-0.2, -0.15) is 8.42 Å². The van der Waals surface area contributed by atoms with E-state index in [4.69, 9.17) is 8.92 Å². The smallest absolute Gasteiger partial charge is 0.346 e. The Morgan fingerprint density at radius 3 is 2.68 bits per heavy atom. The Labute approximate surface area is 186 Å². The second kappa shape index (κ2) is 8.44. The molecule has 31 heavy (non-hydrogen) atoms. The number of hydrogen-bond donors (Lipinski definition) is 0. The molecule has 9 nitrogen and oxygen atoms in total. The minimum Gasteiger partial charge on any atom is -0.497 e. The van der Waals surface area contributed by atoms with Crippen LogP contribution >= 0.6 is 23.1 Å². The molecule has 0 bridgehead atoms. The second-order valence-electron chi connectivity index (χ2n) is 6.58. The third-order valence-corrected chi connectivity index (χ3v) is 8.14. The monoisotopic (exact) mass is 479 g/mol. The standard InChI is InChI=1S/C19H17N3O6S3/c1-3-11-10-29-18(20-11)19-21-14-6-4-13(9-16(14)30-19)28-31(25,26)17-7-5-12(27-2)8-15(17)22(23)24/h4-9,11H,3,10H2,1-2H3/t11-/m0/s1. The molecule has 12 heteroatoms. The molecule has 0 fully saturated rings. The van der Waals surface area contributed by atoms with Crippen molar-refractivity contribution in [2.75, 3.05) is 12.9 Å². The third kappa shape index (κ3) is 4.36. The molecule has 0 amide bonds. The number of hydrogen-bond acceptors (Lipinski definition) is 10. The van der Waals surface area contributed by atoms with E-state index >= 15 is 0 Å². The lowest BCUT2D eigenvalue weighted by molar-refractivity contribution is -0.388. The van der Waals surface area contributed by atoms with Crippen molar-refractivity contribution in [3.63, 3.8) is 0 Å². The fourth-order valence-electron chi connectivity index (χ4n) is 2.94. The van der Waals surface area contributed by atoms with Gasteiger partial charge in [0.15, 0.2) is 4.90 Å². The number of aromatic nitrogens is 1. The fraction of sp³-hybridized carbons (Fsp3) is 0.263. The Morgan fingerprint density at radius 1 is 1.23 bits per heavy atom. The van der Waals surface area contributed by atoms with Crippen LogP contribution < -0.4 is 8.92 Å². The van der Waals surface area contributed by atoms with Gasteiger partial charge >= 0.3 is 10.1 Å². The van der Waals surface area contributed by atoms with Crippen molar-refractivity contribution >= 4 is 54.2 Å². The molecule has 1 aliphatic rings. The predicted molar refractivity (Wildman–Crippen MR) is 120 cm³/mol. The van der Waals surface area contributed by atoms with Crippen LogP contribution in [-0.4, -0.2) is 42.3 Å². The summed E-state index contributed by atoms with van der Waals surface area (Å²) < 4.78 is 36.4. The minimum absolute atomic E-state index is 0.0419. The molecule has 0 N–H and O–H groups in total. The summed E-state index contributed by atoms with van der Waals surface area (Å²) in [6, 6.07) is 8.42. The predicted octanol–water partition coefficient (Wildman–Crippen LogP) is 4.25. The Balaban J connectivity index is 1.65. The van der Waals surface area contributed by atoms with Crippen LogP contribution in [0, 0.1) is 10.1 Å². The van der Waals surface area contributed by atoms with Crippen LogP contribution in [0.3, 0.4) is 0 Å². The molecule has 0 unspecified atom stereocenters. The van der Waals surface area contributed by atoms with Crippen molar-refractivity contribution in [1.82, 2.24) is 4.98 Å². The van der Waals surface area contributed by atoms with Gasteiger partial charge in [0.25, 0.3) is 5.69 Å². The van der Waals surface area contributed by atoms with E-state index in [1.165, 1.54) is 30.6 Å². The van der Waals surface area contributed by atoms with Crippen molar-refractivity contribution < 1.29 is 22.3 Å². The maximum absolute atomic E-state index is 12.7. The number of ether oxygens (including phenoxy) is 1. The van der Waals surface area contributed by atoms with Crippen molar-refractivity contribution in [3.05, 3.63) is 51.5 Å². The molecule has 1 atom stereocenters. The molecule has 2 aromatic carbocycles. The molecule has 1 aromatic heterocycles. The van der Waals surface area contributed by atoms with Crippen LogP contribution in [0.5, 0.6) is 11.5 Å². The highest BCUT2D eigenvalue weighted by Gasteiger charge is 2.29. The zero-order chi connectivity index (χ0) is 22.2. The van der Waals surface area contributed by atoms with Gasteiger partial charge in [-0.1, -0.05) is 6.92 Å². The van der Waals surface area contributed by atoms with E-state index in [1.807, 2.05) is 0 Å². The van der Waals surface area contributed by atoms with Gasteiger partial charge in [0.1, 0.15) is 21.6 Å². The number of fused-ring (bicyclic) bond motifs is 1. The van der Waals surface area contributed by atoms with Gasteiger partial charge < -0.3 is 8.92 Å². The number of rotatable bonds is 7. The molecule has 3 aromatic rings. The fourth-order valence-corrected chi connectivity index (χ4v) is 6.25. The first kappa shape index (κ1) is 21.5. The summed E-state index contributed by atoms with van der Waals surface area (Å²) >= 11 is 3.05. The average Bonchev–Trinajstić information content (AvgIpc) is 3.39. The maximum Gasteiger partial charge on any atom is 0.346 e. The van der Waals surface area contributed by atoms with Crippen molar-refractivity contribution in [3.8, 4) is 11.5 Å². The Morgan fingerprint density at radius 2 is 2.00 bits per heavy atom. The zero-order valence-corrected chi connectivity index (χ0v) is 18.9. The Hall–Kier alpha value is -2.70. The van der Waals surface area contributed by atoms with E-state index < -0.39 is 25.6 Å². The highest BCUT2D eigenvalue weighted by molar-refractivity contribution is 8.15. The van der Waals surface area contributed by atoms with E-state index in [-0.39, 0.29) is 17.5 Å². The first-order chi connectivity index (χ1) is 14.8. The number of nitrogens with zero attached hydrogens (tertiary/aromatic N) is 3. The lowest BCUT2D eigenvalue weighted by atomic mass is 10.3. The number of methoxy groups -OCH3 is 1. The number of nitro benzene ring substituents is 1. The van der Waals surface area contributed by atoms with E-state index in [0.29, 0.717) is 5.52 Å². The van der Waals surface area contributed by atoms with E-state index in [0.717, 1.165) is 39.1 Å². The third-order valence-electron chi connectivity index (χ3n) is 4.56. The first-order valence-corrected chi connectivity index (χ1v) is 12.4. The molecule has 1 aliphatic heterocycles. The topological polar surface area (TPSA) is 121 Å². The molecular formula is C19H17N3O6S3. The lowest BCUT2D eigenvalue weighted by Crippen LogP contribution is -2.12. The molecule has 0 radical (unpaired) electrons. The summed E-state index contributed by atoms with van der Waals surface area (Å²) in [4.78, 5) is 19.2. The van der Waals surface area contributed by atoms with Gasteiger partial charge in [0, 0.05) is 11.8 Å². The van der Waals surface area contributed by atoms with Crippen LogP contribution in [0.15, 0.2) is 46.3 Å². The Bertz CT molecular complexity index is 1300. The molecule has 4 rings (SSSR count). The van der Waals surface area contributed by atoms with Gasteiger partial charge in [-0.3, -0.25) is 15.1 Å². The van der Waals surface area contributed by atoms with Crippen LogP contribution in [0.4, 0.5) is 5.69 Å². The quantitative estimate of drug-likeness (QED) is 0.280. The molecule has 0 aliphatic carbocycles. The van der Waals surface area contributed by atoms with Crippen LogP contribution in [0.25, 0.3) is 10.2 Å². The zero-order valence-electron chi connectivity index (χ0n) is 16.5. The van der Waals surface area contributed by atoms with Gasteiger partial charge in [0.2, 0.25) is 0 Å². The van der Waals surface area contributed by atoms with Crippen molar-refractivity contribution in [2.24, 2.45) is 4.99 Å². The summed E-state index contributed by atoms with van der Waals surface area (Å²) in [5.41, 5.74) is 0.0747. The molecule has 0 spiro atoms. The summed E-state index contributed by atoms with van der Waals surface area (Å²) in [6.45, 7) is 2.09. The molecule has 0 saturated heterocycles. The summed E-state index contributed by atoms with van der Waals surface area (Å²) in [5.74, 6) is 1.14. The summed E-state index contributed by atoms with van der Waals surface area (Å²) in [5, 5.41) is 13.0. The van der Waals surface area contributed by atoms with Crippen LogP contribution in [0.1, 0.15) is 18.4 Å². The maximum atomic E-state index is 12.7. The van der Waals surface area contributed by atoms with Crippen LogP contribution in [-0.2, 0) is 10.1 Å².